The van der Waals surface area contributed by atoms with E-state index in [2.05, 4.69) is 9.97 Å². The first-order chi connectivity index (χ1) is 9.75. The van der Waals surface area contributed by atoms with E-state index in [1.165, 1.54) is 24.6 Å². The van der Waals surface area contributed by atoms with Crippen molar-refractivity contribution in [1.29, 1.82) is 0 Å². The zero-order chi connectivity index (χ0) is 15.2. The Labute approximate surface area is 123 Å². The quantitative estimate of drug-likeness (QED) is 0.717. The fraction of sp³-hybridized carbons (Fsp3) is 0.538. The van der Waals surface area contributed by atoms with Gasteiger partial charge in [-0.2, -0.15) is 0 Å². The zero-order valence-electron chi connectivity index (χ0n) is 11.4. The molecule has 0 bridgehead atoms. The van der Waals surface area contributed by atoms with Crippen LogP contribution in [0, 0.1) is 0 Å². The predicted molar refractivity (Wildman–Crippen MR) is 74.5 cm³/mol. The maximum absolute atomic E-state index is 15.3. The van der Waals surface area contributed by atoms with Gasteiger partial charge in [0.1, 0.15) is 30.0 Å². The van der Waals surface area contributed by atoms with E-state index in [4.69, 9.17) is 10.5 Å². The molecule has 2 fully saturated rings. The summed E-state index contributed by atoms with van der Waals surface area (Å²) in [6, 6.07) is 0. The molecule has 5 atom stereocenters. The normalized spacial score (nSPS) is 45.0. The molecule has 2 aliphatic rings. The lowest BCUT2D eigenvalue weighted by Crippen LogP contribution is -2.52. The molecular weight excluding hydrogens is 297 g/mol. The molecule has 21 heavy (non-hydrogen) atoms. The molecule has 2 aromatic heterocycles. The van der Waals surface area contributed by atoms with Gasteiger partial charge in [0.05, 0.1) is 15.8 Å². The van der Waals surface area contributed by atoms with Gasteiger partial charge in [-0.05, 0) is 13.8 Å². The van der Waals surface area contributed by atoms with Crippen LogP contribution < -0.4 is 5.73 Å². The average molecular weight is 311 g/mol. The van der Waals surface area contributed by atoms with E-state index in [0.29, 0.717) is 21.6 Å². The summed E-state index contributed by atoms with van der Waals surface area (Å²) in [5, 5.41) is 22.4. The number of halogens is 1. The second kappa shape index (κ2) is 3.52. The largest absolute Gasteiger partial charge is 0.387 e. The lowest BCUT2D eigenvalue weighted by Gasteiger charge is -2.37. The van der Waals surface area contributed by atoms with Crippen LogP contribution in [-0.4, -0.2) is 43.7 Å². The lowest BCUT2D eigenvalue weighted by atomic mass is 9.81. The van der Waals surface area contributed by atoms with Gasteiger partial charge in [0, 0.05) is 5.38 Å². The van der Waals surface area contributed by atoms with Gasteiger partial charge < -0.3 is 20.7 Å². The van der Waals surface area contributed by atoms with Crippen molar-refractivity contribution in [2.75, 3.05) is 5.73 Å². The number of rotatable bonds is 1. The Morgan fingerprint density at radius 1 is 1.43 bits per heavy atom. The molecule has 1 aliphatic heterocycles. The highest BCUT2D eigenvalue weighted by molar-refractivity contribution is 7.11. The first kappa shape index (κ1) is 13.3. The van der Waals surface area contributed by atoms with Crippen LogP contribution in [0.4, 0.5) is 10.2 Å². The molecule has 4 N–H and O–H groups in total. The second-order valence-corrected chi connectivity index (χ2v) is 6.81. The van der Waals surface area contributed by atoms with Crippen molar-refractivity contribution in [3.05, 3.63) is 16.6 Å². The van der Waals surface area contributed by atoms with Crippen LogP contribution in [0.2, 0.25) is 0 Å². The topological polar surface area (TPSA) is 101 Å². The molecule has 8 heteroatoms. The zero-order valence-corrected chi connectivity index (χ0v) is 12.2. The van der Waals surface area contributed by atoms with E-state index in [1.54, 1.807) is 12.3 Å². The summed E-state index contributed by atoms with van der Waals surface area (Å²) in [6.07, 6.45) is -0.813. The van der Waals surface area contributed by atoms with E-state index < -0.39 is 29.1 Å². The Morgan fingerprint density at radius 2 is 2.14 bits per heavy atom. The molecule has 1 aliphatic carbocycles. The fourth-order valence-corrected chi connectivity index (χ4v) is 4.46. The standard InChI is InChI=1S/C13H14FN3O3S/c1-11(12(2,14)13(19)7(18)8(13)20-11)9-6-5(3-21-9)10(15)17-4-16-6/h3-4,7-8,18-19H,1-2H3,(H2,15,16,17)/t7?,8-,11+,12+,13-/m1/s1. The molecule has 1 unspecified atom stereocenters. The van der Waals surface area contributed by atoms with Crippen molar-refractivity contribution in [2.45, 2.75) is 42.9 Å². The highest BCUT2D eigenvalue weighted by Gasteiger charge is 2.86. The maximum Gasteiger partial charge on any atom is 0.175 e. The molecule has 4 rings (SSSR count). The van der Waals surface area contributed by atoms with Gasteiger partial charge in [-0.15, -0.1) is 11.3 Å². The number of fused-ring (bicyclic) bond motifs is 2. The van der Waals surface area contributed by atoms with Crippen LogP contribution in [-0.2, 0) is 10.3 Å². The van der Waals surface area contributed by atoms with Crippen molar-refractivity contribution >= 4 is 28.1 Å². The van der Waals surface area contributed by atoms with E-state index in [-0.39, 0.29) is 0 Å². The van der Waals surface area contributed by atoms with Gasteiger partial charge in [-0.25, -0.2) is 14.4 Å². The van der Waals surface area contributed by atoms with Crippen molar-refractivity contribution in [1.82, 2.24) is 9.97 Å². The van der Waals surface area contributed by atoms with Crippen LogP contribution >= 0.6 is 11.3 Å². The number of nitrogens with two attached hydrogens (primary N) is 1. The summed E-state index contributed by atoms with van der Waals surface area (Å²) in [6.45, 7) is 2.81. The minimum absolute atomic E-state index is 0.313. The van der Waals surface area contributed by atoms with E-state index in [9.17, 15) is 10.2 Å². The van der Waals surface area contributed by atoms with Gasteiger partial charge >= 0.3 is 0 Å². The van der Waals surface area contributed by atoms with Gasteiger partial charge in [-0.3, -0.25) is 0 Å². The number of alkyl halides is 1. The van der Waals surface area contributed by atoms with Gasteiger partial charge in [0.2, 0.25) is 0 Å². The molecule has 112 valence electrons. The molecule has 2 aromatic rings. The third-order valence-electron chi connectivity index (χ3n) is 4.93. The van der Waals surface area contributed by atoms with E-state index >= 15 is 4.39 Å². The maximum atomic E-state index is 15.3. The number of aliphatic hydroxyl groups is 2. The minimum Gasteiger partial charge on any atom is -0.387 e. The number of nitrogens with zero attached hydrogens (tertiary/aromatic N) is 2. The molecule has 6 nitrogen and oxygen atoms in total. The number of aliphatic hydroxyl groups excluding tert-OH is 1. The summed E-state index contributed by atoms with van der Waals surface area (Å²) >= 11 is 1.26. The average Bonchev–Trinajstić information content (AvgIpc) is 2.80. The van der Waals surface area contributed by atoms with Crippen molar-refractivity contribution < 1.29 is 19.3 Å². The third-order valence-corrected chi connectivity index (χ3v) is 6.10. The summed E-state index contributed by atoms with van der Waals surface area (Å²) in [7, 11) is 0. The van der Waals surface area contributed by atoms with Crippen molar-refractivity contribution in [2.24, 2.45) is 0 Å². The summed E-state index contributed by atoms with van der Waals surface area (Å²) < 4.78 is 21.0. The molecule has 0 amide bonds. The number of thiophene rings is 1. The van der Waals surface area contributed by atoms with Crippen LogP contribution in [0.1, 0.15) is 18.7 Å². The monoisotopic (exact) mass is 311 g/mol. The van der Waals surface area contributed by atoms with Crippen molar-refractivity contribution in [3.8, 4) is 0 Å². The molecule has 1 saturated carbocycles. The Morgan fingerprint density at radius 3 is 2.76 bits per heavy atom. The minimum atomic E-state index is -2.15. The highest BCUT2D eigenvalue weighted by Crippen LogP contribution is 2.66. The number of anilines is 1. The molecule has 1 saturated heterocycles. The summed E-state index contributed by atoms with van der Waals surface area (Å²) in [5.41, 5.74) is 0.874. The Kier molecular flexibility index (Phi) is 2.23. The number of ether oxygens (including phenoxy) is 1. The molecule has 3 heterocycles. The Balaban J connectivity index is 1.92. The molecule has 0 aromatic carbocycles. The fourth-order valence-electron chi connectivity index (χ4n) is 3.26. The Bertz CT molecular complexity index is 766. The first-order valence-electron chi connectivity index (χ1n) is 6.50. The van der Waals surface area contributed by atoms with Gasteiger partial charge in [0.25, 0.3) is 0 Å². The third kappa shape index (κ3) is 1.24. The molecule has 0 spiro atoms. The SMILES string of the molecule is C[C@]1(F)[C@](C)(c2scc3c(N)ncnc23)O[C@@H]2C(O)[C@@]21O. The van der Waals surface area contributed by atoms with Crippen LogP contribution in [0.3, 0.4) is 0 Å². The van der Waals surface area contributed by atoms with Crippen LogP contribution in [0.25, 0.3) is 10.9 Å². The number of hydrogen-bond donors (Lipinski definition) is 3. The predicted octanol–water partition coefficient (Wildman–Crippen LogP) is 0.721. The van der Waals surface area contributed by atoms with Gasteiger partial charge in [-0.1, -0.05) is 0 Å². The van der Waals surface area contributed by atoms with Crippen LogP contribution in [0.15, 0.2) is 11.7 Å². The van der Waals surface area contributed by atoms with Crippen LogP contribution in [0.5, 0.6) is 0 Å². The number of hydrogen-bond acceptors (Lipinski definition) is 7. The lowest BCUT2D eigenvalue weighted by molar-refractivity contribution is -0.143. The second-order valence-electron chi connectivity index (χ2n) is 5.93. The number of aromatic nitrogens is 2. The van der Waals surface area contributed by atoms with E-state index in [0.717, 1.165) is 0 Å². The summed E-state index contributed by atoms with van der Waals surface area (Å²) in [4.78, 5) is 8.60. The summed E-state index contributed by atoms with van der Waals surface area (Å²) in [5.74, 6) is 0.313. The molecular formula is C13H14FN3O3S. The van der Waals surface area contributed by atoms with Gasteiger partial charge in [0.15, 0.2) is 11.3 Å². The smallest absolute Gasteiger partial charge is 0.175 e. The number of nitrogen functional groups attached to an aromatic ring is 1. The first-order valence-corrected chi connectivity index (χ1v) is 7.38. The molecule has 0 radical (unpaired) electrons. The highest BCUT2D eigenvalue weighted by atomic mass is 32.1. The van der Waals surface area contributed by atoms with Crippen molar-refractivity contribution in [3.63, 3.8) is 0 Å². The Hall–Kier alpha value is -1.35. The van der Waals surface area contributed by atoms with E-state index in [1.807, 2.05) is 0 Å².